The highest BCUT2D eigenvalue weighted by Crippen LogP contribution is 2.53. The largest absolute Gasteiger partial charge is 0.380 e. The molecule has 0 saturated carbocycles. The number of nitrogens with one attached hydrogen (secondary N) is 2. The topological polar surface area (TPSA) is 58.2 Å². The van der Waals surface area contributed by atoms with Crippen molar-refractivity contribution in [2.75, 3.05) is 11.9 Å². The van der Waals surface area contributed by atoms with Crippen LogP contribution in [0.1, 0.15) is 155 Å². The molecule has 0 fully saturated rings. The highest BCUT2D eigenvalue weighted by atomic mass is 31.0. The molecule has 0 heterocycles. The predicted octanol–water partition coefficient (Wildman–Crippen LogP) is 14.1. The number of fused-ring (bicyclic) bond motifs is 3. The van der Waals surface area contributed by atoms with Gasteiger partial charge in [-0.1, -0.05) is 199 Å². The molecule has 0 bridgehead atoms. The van der Waals surface area contributed by atoms with Crippen molar-refractivity contribution in [3.05, 3.63) is 125 Å². The lowest BCUT2D eigenvalue weighted by molar-refractivity contribution is -0.122. The number of para-hydroxylation sites is 1. The predicted molar refractivity (Wildman–Crippen MR) is 245 cm³/mol. The van der Waals surface area contributed by atoms with Crippen molar-refractivity contribution in [2.24, 2.45) is 5.92 Å². The second kappa shape index (κ2) is 27.0. The Labute approximate surface area is 339 Å². The Morgan fingerprint density at radius 2 is 1.22 bits per heavy atom. The van der Waals surface area contributed by atoms with E-state index in [0.717, 1.165) is 36.6 Å². The summed E-state index contributed by atoms with van der Waals surface area (Å²) in [7, 11) is 2.83. The summed E-state index contributed by atoms with van der Waals surface area (Å²) in [4.78, 5) is 24.6. The lowest BCUT2D eigenvalue weighted by Crippen LogP contribution is -2.39. The summed E-state index contributed by atoms with van der Waals surface area (Å²) in [6, 6.07) is 35.2. The van der Waals surface area contributed by atoms with Gasteiger partial charge in [-0.2, -0.15) is 0 Å². The van der Waals surface area contributed by atoms with Gasteiger partial charge in [0.15, 0.2) is 5.78 Å². The number of anilines is 1. The van der Waals surface area contributed by atoms with E-state index in [4.69, 9.17) is 0 Å². The van der Waals surface area contributed by atoms with Crippen LogP contribution in [0.3, 0.4) is 0 Å². The van der Waals surface area contributed by atoms with Gasteiger partial charge >= 0.3 is 0 Å². The monoisotopic (exact) mass is 767 g/mol. The molecule has 4 aromatic rings. The van der Waals surface area contributed by atoms with E-state index < -0.39 is 0 Å². The third-order valence-electron chi connectivity index (χ3n) is 9.76. The molecule has 5 heteroatoms. The van der Waals surface area contributed by atoms with Crippen LogP contribution < -0.4 is 10.6 Å². The van der Waals surface area contributed by atoms with Gasteiger partial charge in [-0.05, 0) is 64.4 Å². The number of rotatable bonds is 16. The van der Waals surface area contributed by atoms with E-state index in [-0.39, 0.29) is 22.3 Å². The van der Waals surface area contributed by atoms with Crippen LogP contribution in [0.2, 0.25) is 0 Å². The molecule has 5 rings (SSSR count). The summed E-state index contributed by atoms with van der Waals surface area (Å²) >= 11 is 0. The molecule has 0 saturated heterocycles. The molecule has 4 nitrogen and oxygen atoms in total. The minimum absolute atomic E-state index is 0.00391. The van der Waals surface area contributed by atoms with Gasteiger partial charge in [0.2, 0.25) is 5.91 Å². The van der Waals surface area contributed by atoms with Gasteiger partial charge in [-0.15, -0.1) is 9.24 Å². The molecule has 0 radical (unpaired) electrons. The lowest BCUT2D eigenvalue weighted by atomic mass is 9.71. The Morgan fingerprint density at radius 1 is 0.709 bits per heavy atom. The van der Waals surface area contributed by atoms with Crippen LogP contribution >= 0.6 is 9.24 Å². The highest BCUT2D eigenvalue weighted by Gasteiger charge is 2.43. The van der Waals surface area contributed by atoms with Gasteiger partial charge in [0.25, 0.3) is 0 Å². The maximum Gasteiger partial charge on any atom is 0.221 e. The number of amides is 1. The fourth-order valence-corrected chi connectivity index (χ4v) is 6.94. The van der Waals surface area contributed by atoms with Crippen LogP contribution in [-0.4, -0.2) is 23.4 Å². The zero-order valence-corrected chi connectivity index (χ0v) is 37.5. The molecular formula is C50H75N2O2P. The van der Waals surface area contributed by atoms with Gasteiger partial charge in [0.1, 0.15) is 0 Å². The smallest absolute Gasteiger partial charge is 0.221 e. The van der Waals surface area contributed by atoms with Crippen molar-refractivity contribution in [3.63, 3.8) is 0 Å². The molecule has 1 aliphatic carbocycles. The zero-order chi connectivity index (χ0) is 41.3. The van der Waals surface area contributed by atoms with Gasteiger partial charge < -0.3 is 10.6 Å². The number of benzene rings is 4. The van der Waals surface area contributed by atoms with Crippen LogP contribution in [0.25, 0.3) is 11.1 Å². The van der Waals surface area contributed by atoms with Crippen molar-refractivity contribution in [1.82, 2.24) is 5.32 Å². The van der Waals surface area contributed by atoms with E-state index >= 15 is 0 Å². The van der Waals surface area contributed by atoms with Gasteiger partial charge in [-0.25, -0.2) is 0 Å². The molecule has 302 valence electrons. The second-order valence-electron chi connectivity index (χ2n) is 14.5. The minimum Gasteiger partial charge on any atom is -0.380 e. The van der Waals surface area contributed by atoms with E-state index in [2.05, 4.69) is 108 Å². The van der Waals surface area contributed by atoms with Crippen LogP contribution in [0.15, 0.2) is 103 Å². The Hall–Kier alpha value is -3.75. The number of Topliss-reactive ketones (excluding diaryl/α,β-unsaturated/α-hetero) is 1. The fraction of sp³-hybridized carbons (Fsp3) is 0.480. The molecule has 4 aromatic carbocycles. The Bertz CT molecular complexity index is 1600. The lowest BCUT2D eigenvalue weighted by Gasteiger charge is -2.32. The quantitative estimate of drug-likeness (QED) is 0.0678. The first-order valence-electron chi connectivity index (χ1n) is 21.2. The van der Waals surface area contributed by atoms with Crippen molar-refractivity contribution in [3.8, 4) is 11.1 Å². The molecule has 55 heavy (non-hydrogen) atoms. The molecule has 2 unspecified atom stereocenters. The summed E-state index contributed by atoms with van der Waals surface area (Å²) in [5, 5.41) is 6.50. The average Bonchev–Trinajstić information content (AvgIpc) is 3.49. The molecule has 2 N–H and O–H groups in total. The number of carbonyl (C=O) groups excluding carboxylic acids is 2. The minimum atomic E-state index is -0.223. The average molecular weight is 767 g/mol. The van der Waals surface area contributed by atoms with Crippen LogP contribution in [0, 0.1) is 5.92 Å². The Kier molecular flexibility index (Phi) is 24.1. The number of hydrogen-bond donors (Lipinski definition) is 2. The summed E-state index contributed by atoms with van der Waals surface area (Å²) in [5.74, 6) is 1.07. The van der Waals surface area contributed by atoms with Crippen molar-refractivity contribution >= 4 is 26.6 Å². The first kappa shape index (κ1) is 49.3. The van der Waals surface area contributed by atoms with Gasteiger partial charge in [0.05, 0.1) is 0 Å². The van der Waals surface area contributed by atoms with Gasteiger partial charge in [0, 0.05) is 36.2 Å². The highest BCUT2D eigenvalue weighted by molar-refractivity contribution is 7.18. The fourth-order valence-electron chi connectivity index (χ4n) is 6.84. The molecule has 1 amide bonds. The Balaban J connectivity index is 0.000000552. The maximum atomic E-state index is 13.2. The number of ketones is 1. The van der Waals surface area contributed by atoms with Gasteiger partial charge in [-0.3, -0.25) is 9.59 Å². The van der Waals surface area contributed by atoms with Crippen LogP contribution in [0.5, 0.6) is 0 Å². The van der Waals surface area contributed by atoms with Crippen molar-refractivity contribution in [1.29, 1.82) is 0 Å². The standard InChI is InChI=1S/C29H42NOP.C15H15NO.3C2H6/c1-5-22(2)14-8-6-7-13-19-29(20-27(31)30-21-28(3,4)32)25-17-11-9-15-23(25)24-16-10-12-18-26(24)29;1-12(17)14-9-5-6-10-15(14)16-11-13-7-3-2-4-8-13;3*1-2/h9-12,15-18,22H,5-8,13-14,19-21,32H2,1-4H3,(H,30,31);2-10,16H,11H2,1H3;3*1-2H3. The summed E-state index contributed by atoms with van der Waals surface area (Å²) in [6.07, 6.45) is 9.17. The normalized spacial score (nSPS) is 12.2. The third-order valence-corrected chi connectivity index (χ3v) is 9.96. The molecular weight excluding hydrogens is 692 g/mol. The third kappa shape index (κ3) is 16.1. The SMILES string of the molecule is CC.CC.CC.CC(=O)c1ccccc1NCc1ccccc1.CCC(C)CCCCCCC1(CC(=O)NCC(C)(C)P)c2ccccc2-c2ccccc21. The van der Waals surface area contributed by atoms with Crippen molar-refractivity contribution < 1.29 is 9.59 Å². The summed E-state index contributed by atoms with van der Waals surface area (Å²) < 4.78 is 0. The van der Waals surface area contributed by atoms with Crippen molar-refractivity contribution in [2.45, 2.75) is 145 Å². The van der Waals surface area contributed by atoms with E-state index in [1.165, 1.54) is 59.9 Å². The molecule has 0 aliphatic heterocycles. The van der Waals surface area contributed by atoms with E-state index in [1.807, 2.05) is 84.0 Å². The Morgan fingerprint density at radius 3 is 1.76 bits per heavy atom. The van der Waals surface area contributed by atoms with E-state index in [0.29, 0.717) is 13.0 Å². The summed E-state index contributed by atoms with van der Waals surface area (Å²) in [5.41, 5.74) is 7.89. The zero-order valence-electron chi connectivity index (χ0n) is 36.4. The first-order chi connectivity index (χ1) is 26.5. The van der Waals surface area contributed by atoms with Crippen LogP contribution in [-0.2, 0) is 16.8 Å². The first-order valence-corrected chi connectivity index (χ1v) is 21.7. The number of hydrogen-bond acceptors (Lipinski definition) is 3. The molecule has 0 aromatic heterocycles. The van der Waals surface area contributed by atoms with Crippen LogP contribution in [0.4, 0.5) is 5.69 Å². The summed E-state index contributed by atoms with van der Waals surface area (Å²) in [6.45, 7) is 23.9. The molecule has 1 aliphatic rings. The second-order valence-corrected chi connectivity index (χ2v) is 16.1. The van der Waals surface area contributed by atoms with E-state index in [1.54, 1.807) is 6.92 Å². The number of unbranched alkanes of at least 4 members (excludes halogenated alkanes) is 3. The molecule has 2 atom stereocenters. The maximum absolute atomic E-state index is 13.2. The molecule has 0 spiro atoms. The van der Waals surface area contributed by atoms with E-state index in [9.17, 15) is 9.59 Å². The number of carbonyl (C=O) groups is 2.